The van der Waals surface area contributed by atoms with Gasteiger partial charge in [0.2, 0.25) is 0 Å². The zero-order valence-corrected chi connectivity index (χ0v) is 8.06. The average molecular weight is 193 g/mol. The molecular weight excluding hydrogens is 182 g/mol. The summed E-state index contributed by atoms with van der Waals surface area (Å²) >= 11 is 0. The third-order valence-corrected chi connectivity index (χ3v) is 1.47. The van der Waals surface area contributed by atoms with Crippen molar-refractivity contribution in [3.63, 3.8) is 0 Å². The minimum Gasteiger partial charge on any atom is -0.458 e. The quantitative estimate of drug-likeness (QED) is 0.538. The number of ether oxygens (including phenoxy) is 1. The molecule has 0 atom stereocenters. The van der Waals surface area contributed by atoms with Gasteiger partial charge in [-0.1, -0.05) is 0 Å². The number of rotatable bonds is 3. The van der Waals surface area contributed by atoms with Crippen molar-refractivity contribution < 1.29 is 14.3 Å². The topological polar surface area (TPSA) is 56.3 Å². The first kappa shape index (κ1) is 10.4. The Balaban J connectivity index is 2.76. The van der Waals surface area contributed by atoms with E-state index in [9.17, 15) is 9.59 Å². The minimum atomic E-state index is -0.475. The van der Waals surface area contributed by atoms with Crippen molar-refractivity contribution in [3.8, 4) is 0 Å². The van der Waals surface area contributed by atoms with Crippen LogP contribution in [-0.2, 0) is 4.74 Å². The van der Waals surface area contributed by atoms with Crippen LogP contribution in [0, 0.1) is 0 Å². The zero-order chi connectivity index (χ0) is 10.6. The Kier molecular flexibility index (Phi) is 3.34. The molecule has 14 heavy (non-hydrogen) atoms. The number of aromatic nitrogens is 1. The van der Waals surface area contributed by atoms with Crippen molar-refractivity contribution >= 4 is 12.3 Å². The summed E-state index contributed by atoms with van der Waals surface area (Å²) in [4.78, 5) is 25.4. The van der Waals surface area contributed by atoms with Crippen LogP contribution < -0.4 is 0 Å². The van der Waals surface area contributed by atoms with Crippen LogP contribution in [-0.4, -0.2) is 23.3 Å². The highest BCUT2D eigenvalue weighted by atomic mass is 16.5. The van der Waals surface area contributed by atoms with Crippen molar-refractivity contribution in [1.82, 2.24) is 4.98 Å². The summed E-state index contributed by atoms with van der Waals surface area (Å²) in [6, 6.07) is 2.99. The lowest BCUT2D eigenvalue weighted by atomic mass is 10.3. The van der Waals surface area contributed by atoms with E-state index >= 15 is 0 Å². The summed E-state index contributed by atoms with van der Waals surface area (Å²) in [5.74, 6) is -0.475. The molecule has 1 rings (SSSR count). The Morgan fingerprint density at radius 2 is 2.21 bits per heavy atom. The maximum atomic E-state index is 11.3. The molecule has 0 aliphatic rings. The van der Waals surface area contributed by atoms with Crippen molar-refractivity contribution in [2.24, 2.45) is 0 Å². The van der Waals surface area contributed by atoms with Crippen molar-refractivity contribution in [3.05, 3.63) is 29.6 Å². The fourth-order valence-electron chi connectivity index (χ4n) is 0.870. The number of pyridine rings is 1. The van der Waals surface area contributed by atoms with Crippen LogP contribution in [0.2, 0.25) is 0 Å². The van der Waals surface area contributed by atoms with E-state index < -0.39 is 5.97 Å². The maximum Gasteiger partial charge on any atom is 0.357 e. The van der Waals surface area contributed by atoms with Crippen LogP contribution >= 0.6 is 0 Å². The van der Waals surface area contributed by atoms with Gasteiger partial charge < -0.3 is 4.74 Å². The third kappa shape index (κ3) is 2.65. The molecule has 0 N–H and O–H groups in total. The van der Waals surface area contributed by atoms with Crippen molar-refractivity contribution in [1.29, 1.82) is 0 Å². The van der Waals surface area contributed by atoms with E-state index in [0.717, 1.165) is 0 Å². The Bertz CT molecular complexity index is 330. The Morgan fingerprint density at radius 1 is 1.50 bits per heavy atom. The van der Waals surface area contributed by atoms with Crippen LogP contribution in [0.25, 0.3) is 0 Å². The molecule has 0 spiro atoms. The van der Waals surface area contributed by atoms with Crippen LogP contribution in [0.3, 0.4) is 0 Å². The van der Waals surface area contributed by atoms with Crippen molar-refractivity contribution in [2.45, 2.75) is 20.0 Å². The first-order chi connectivity index (χ1) is 6.63. The maximum absolute atomic E-state index is 11.3. The summed E-state index contributed by atoms with van der Waals surface area (Å²) in [6.07, 6.45) is 1.84. The van der Waals surface area contributed by atoms with E-state index in [4.69, 9.17) is 4.74 Å². The van der Waals surface area contributed by atoms with Crippen LogP contribution in [0.1, 0.15) is 34.7 Å². The largest absolute Gasteiger partial charge is 0.458 e. The number of hydrogen-bond acceptors (Lipinski definition) is 4. The summed E-state index contributed by atoms with van der Waals surface area (Å²) < 4.78 is 4.92. The summed E-state index contributed by atoms with van der Waals surface area (Å²) in [7, 11) is 0. The van der Waals surface area contributed by atoms with Gasteiger partial charge in [0, 0.05) is 11.8 Å². The summed E-state index contributed by atoms with van der Waals surface area (Å²) in [6.45, 7) is 3.52. The van der Waals surface area contributed by atoms with Crippen LogP contribution in [0.15, 0.2) is 18.3 Å². The first-order valence-electron chi connectivity index (χ1n) is 4.25. The number of aldehydes is 1. The smallest absolute Gasteiger partial charge is 0.357 e. The molecule has 0 aliphatic heterocycles. The third-order valence-electron chi connectivity index (χ3n) is 1.47. The fourth-order valence-corrected chi connectivity index (χ4v) is 0.870. The highest BCUT2D eigenvalue weighted by molar-refractivity contribution is 5.88. The first-order valence-corrected chi connectivity index (χ1v) is 4.25. The van der Waals surface area contributed by atoms with E-state index in [1.807, 2.05) is 0 Å². The molecule has 4 nitrogen and oxygen atoms in total. The van der Waals surface area contributed by atoms with Gasteiger partial charge in [0.1, 0.15) is 5.69 Å². The second kappa shape index (κ2) is 4.50. The van der Waals surface area contributed by atoms with Gasteiger partial charge >= 0.3 is 5.97 Å². The van der Waals surface area contributed by atoms with E-state index in [1.165, 1.54) is 18.3 Å². The molecule has 1 aromatic rings. The fraction of sp³-hybridized carbons (Fsp3) is 0.300. The second-order valence-corrected chi connectivity index (χ2v) is 3.05. The molecule has 1 aromatic heterocycles. The molecule has 0 radical (unpaired) electrons. The molecule has 0 saturated carbocycles. The van der Waals surface area contributed by atoms with Crippen LogP contribution in [0.5, 0.6) is 0 Å². The van der Waals surface area contributed by atoms with Gasteiger partial charge in [0.25, 0.3) is 0 Å². The van der Waals surface area contributed by atoms with E-state index in [1.54, 1.807) is 13.8 Å². The predicted molar refractivity (Wildman–Crippen MR) is 50.2 cm³/mol. The SMILES string of the molecule is CC(C)OC(=O)c1ccc(C=O)cn1. The van der Waals surface area contributed by atoms with E-state index in [-0.39, 0.29) is 11.8 Å². The lowest BCUT2D eigenvalue weighted by Gasteiger charge is -2.06. The number of esters is 1. The van der Waals surface area contributed by atoms with E-state index in [0.29, 0.717) is 11.8 Å². The molecule has 0 amide bonds. The zero-order valence-electron chi connectivity index (χ0n) is 8.06. The van der Waals surface area contributed by atoms with Gasteiger partial charge in [-0.05, 0) is 26.0 Å². The van der Waals surface area contributed by atoms with Crippen molar-refractivity contribution in [2.75, 3.05) is 0 Å². The molecule has 0 fully saturated rings. The Hall–Kier alpha value is -1.71. The van der Waals surface area contributed by atoms with Gasteiger partial charge in [-0.25, -0.2) is 9.78 Å². The highest BCUT2D eigenvalue weighted by Crippen LogP contribution is 2.02. The molecular formula is C10H11NO3. The predicted octanol–water partition coefficient (Wildman–Crippen LogP) is 1.46. The van der Waals surface area contributed by atoms with Gasteiger partial charge in [-0.3, -0.25) is 4.79 Å². The molecule has 74 valence electrons. The number of nitrogens with zero attached hydrogens (tertiary/aromatic N) is 1. The highest BCUT2D eigenvalue weighted by Gasteiger charge is 2.09. The second-order valence-electron chi connectivity index (χ2n) is 3.05. The number of carbonyl (C=O) groups is 2. The number of hydrogen-bond donors (Lipinski definition) is 0. The normalized spacial score (nSPS) is 9.93. The average Bonchev–Trinajstić information content (AvgIpc) is 2.17. The van der Waals surface area contributed by atoms with Gasteiger partial charge in [0.15, 0.2) is 6.29 Å². The standard InChI is InChI=1S/C10H11NO3/c1-7(2)14-10(13)9-4-3-8(6-12)5-11-9/h3-7H,1-2H3. The molecule has 0 aliphatic carbocycles. The van der Waals surface area contributed by atoms with E-state index in [2.05, 4.69) is 4.98 Å². The molecule has 0 saturated heterocycles. The monoisotopic (exact) mass is 193 g/mol. The van der Waals surface area contributed by atoms with Crippen LogP contribution in [0.4, 0.5) is 0 Å². The molecule has 0 bridgehead atoms. The van der Waals surface area contributed by atoms with Gasteiger partial charge in [-0.15, -0.1) is 0 Å². The lowest BCUT2D eigenvalue weighted by molar-refractivity contribution is 0.0370. The van der Waals surface area contributed by atoms with Gasteiger partial charge in [0.05, 0.1) is 6.10 Å². The molecule has 0 unspecified atom stereocenters. The van der Waals surface area contributed by atoms with Gasteiger partial charge in [-0.2, -0.15) is 0 Å². The molecule has 0 aromatic carbocycles. The summed E-state index contributed by atoms with van der Waals surface area (Å²) in [5.41, 5.74) is 0.649. The number of carbonyl (C=O) groups excluding carboxylic acids is 2. The minimum absolute atomic E-state index is 0.171. The Labute approximate surface area is 81.9 Å². The Morgan fingerprint density at radius 3 is 2.64 bits per heavy atom. The molecule has 1 heterocycles. The lowest BCUT2D eigenvalue weighted by Crippen LogP contribution is -2.12. The summed E-state index contributed by atoms with van der Waals surface area (Å²) in [5, 5.41) is 0. The molecule has 4 heteroatoms.